The maximum Gasteiger partial charge on any atom is 0.325 e. The Labute approximate surface area is 122 Å². The van der Waals surface area contributed by atoms with E-state index in [-0.39, 0.29) is 5.97 Å². The molecule has 1 saturated heterocycles. The first-order valence-corrected chi connectivity index (χ1v) is 7.73. The second-order valence-corrected chi connectivity index (χ2v) is 6.62. The van der Waals surface area contributed by atoms with Crippen LogP contribution in [0.5, 0.6) is 0 Å². The molecule has 0 bridgehead atoms. The Morgan fingerprint density at radius 3 is 2.65 bits per heavy atom. The summed E-state index contributed by atoms with van der Waals surface area (Å²) in [5.74, 6) is -0.133. The van der Waals surface area contributed by atoms with Crippen LogP contribution in [-0.4, -0.2) is 73.7 Å². The first-order chi connectivity index (χ1) is 9.44. The van der Waals surface area contributed by atoms with Gasteiger partial charge in [-0.3, -0.25) is 10.1 Å². The molecule has 1 saturated carbocycles. The molecule has 2 unspecified atom stereocenters. The number of ether oxygens (including phenoxy) is 1. The first-order valence-electron chi connectivity index (χ1n) is 7.73. The summed E-state index contributed by atoms with van der Waals surface area (Å²) >= 11 is 0. The molecular weight excluding hydrogens is 254 g/mol. The maximum absolute atomic E-state index is 12.1. The van der Waals surface area contributed by atoms with Gasteiger partial charge in [0.25, 0.3) is 0 Å². The summed E-state index contributed by atoms with van der Waals surface area (Å²) in [5, 5.41) is 3.47. The van der Waals surface area contributed by atoms with Gasteiger partial charge in [0.15, 0.2) is 0 Å². The minimum absolute atomic E-state index is 0.133. The monoisotopic (exact) mass is 283 g/mol. The fourth-order valence-corrected chi connectivity index (χ4v) is 2.85. The molecule has 1 aliphatic heterocycles. The quantitative estimate of drug-likeness (QED) is 0.727. The van der Waals surface area contributed by atoms with Crippen LogP contribution >= 0.6 is 0 Å². The van der Waals surface area contributed by atoms with Gasteiger partial charge < -0.3 is 14.5 Å². The Bertz CT molecular complexity index is 346. The minimum atomic E-state index is -0.539. The first kappa shape index (κ1) is 15.7. The number of likely N-dealkylation sites (N-methyl/N-ethyl adjacent to an activating group) is 1. The van der Waals surface area contributed by atoms with E-state index in [2.05, 4.69) is 29.1 Å². The van der Waals surface area contributed by atoms with E-state index < -0.39 is 5.54 Å². The van der Waals surface area contributed by atoms with Gasteiger partial charge in [-0.15, -0.1) is 0 Å². The van der Waals surface area contributed by atoms with Crippen molar-refractivity contribution in [1.29, 1.82) is 0 Å². The van der Waals surface area contributed by atoms with Gasteiger partial charge in [-0.2, -0.15) is 0 Å². The molecule has 1 heterocycles. The Kier molecular flexibility index (Phi) is 5.04. The van der Waals surface area contributed by atoms with Crippen molar-refractivity contribution in [3.05, 3.63) is 0 Å². The van der Waals surface area contributed by atoms with Gasteiger partial charge in [0.2, 0.25) is 0 Å². The summed E-state index contributed by atoms with van der Waals surface area (Å²) in [6.07, 6.45) is 3.17. The molecule has 1 aliphatic carbocycles. The topological polar surface area (TPSA) is 44.8 Å². The van der Waals surface area contributed by atoms with Gasteiger partial charge in [-0.25, -0.2) is 0 Å². The number of nitrogens with zero attached hydrogens (tertiary/aromatic N) is 2. The lowest BCUT2D eigenvalue weighted by atomic mass is 9.96. The fraction of sp³-hybridized carbons (Fsp3) is 0.933. The number of nitrogens with one attached hydrogen (secondary N) is 1. The van der Waals surface area contributed by atoms with E-state index >= 15 is 0 Å². The molecule has 2 rings (SSSR count). The summed E-state index contributed by atoms with van der Waals surface area (Å²) in [7, 11) is 3.66. The Balaban J connectivity index is 1.86. The summed E-state index contributed by atoms with van der Waals surface area (Å²) in [5.41, 5.74) is -0.539. The molecule has 0 aromatic heterocycles. The molecule has 116 valence electrons. The molecule has 20 heavy (non-hydrogen) atoms. The number of piperazine rings is 1. The number of esters is 1. The highest BCUT2D eigenvalue weighted by Crippen LogP contribution is 2.25. The zero-order valence-corrected chi connectivity index (χ0v) is 13.3. The molecule has 2 fully saturated rings. The van der Waals surface area contributed by atoms with E-state index in [1.165, 1.54) is 20.0 Å². The number of carbonyl (C=O) groups is 1. The van der Waals surface area contributed by atoms with Crippen LogP contribution in [-0.2, 0) is 9.53 Å². The Hall–Kier alpha value is -0.650. The number of methoxy groups -OCH3 is 1. The van der Waals surface area contributed by atoms with E-state index in [1.54, 1.807) is 0 Å². The SMILES string of the molecule is COC(=O)C(C)(CCN1CCN(C)C(C)C1)NC1CC1. The van der Waals surface area contributed by atoms with Gasteiger partial charge in [-0.05, 0) is 40.2 Å². The highest BCUT2D eigenvalue weighted by molar-refractivity contribution is 5.80. The molecule has 1 N–H and O–H groups in total. The maximum atomic E-state index is 12.1. The van der Waals surface area contributed by atoms with Crippen molar-refractivity contribution in [1.82, 2.24) is 15.1 Å². The van der Waals surface area contributed by atoms with Crippen LogP contribution in [0.1, 0.15) is 33.1 Å². The molecule has 2 atom stereocenters. The third kappa shape index (κ3) is 3.93. The largest absolute Gasteiger partial charge is 0.468 e. The summed E-state index contributed by atoms with van der Waals surface area (Å²) in [4.78, 5) is 16.9. The van der Waals surface area contributed by atoms with Crippen LogP contribution in [0, 0.1) is 0 Å². The molecular formula is C15H29N3O2. The number of hydrogen-bond donors (Lipinski definition) is 1. The van der Waals surface area contributed by atoms with E-state index in [0.717, 1.165) is 32.6 Å². The van der Waals surface area contributed by atoms with Crippen LogP contribution in [0.15, 0.2) is 0 Å². The van der Waals surface area contributed by atoms with Crippen molar-refractivity contribution in [2.24, 2.45) is 0 Å². The average Bonchev–Trinajstić information content (AvgIpc) is 3.23. The van der Waals surface area contributed by atoms with Gasteiger partial charge in [0.05, 0.1) is 7.11 Å². The van der Waals surface area contributed by atoms with Gasteiger partial charge in [0.1, 0.15) is 5.54 Å². The third-order valence-corrected chi connectivity index (χ3v) is 4.71. The molecule has 5 nitrogen and oxygen atoms in total. The van der Waals surface area contributed by atoms with Gasteiger partial charge in [0, 0.05) is 38.3 Å². The molecule has 0 radical (unpaired) electrons. The van der Waals surface area contributed by atoms with Crippen molar-refractivity contribution in [3.8, 4) is 0 Å². The van der Waals surface area contributed by atoms with Crippen molar-refractivity contribution in [2.45, 2.75) is 50.7 Å². The van der Waals surface area contributed by atoms with Crippen LogP contribution in [0.3, 0.4) is 0 Å². The minimum Gasteiger partial charge on any atom is -0.468 e. The van der Waals surface area contributed by atoms with Crippen LogP contribution < -0.4 is 5.32 Å². The van der Waals surface area contributed by atoms with Crippen molar-refractivity contribution in [3.63, 3.8) is 0 Å². The second-order valence-electron chi connectivity index (χ2n) is 6.62. The van der Waals surface area contributed by atoms with Gasteiger partial charge >= 0.3 is 5.97 Å². The Morgan fingerprint density at radius 1 is 1.40 bits per heavy atom. The molecule has 0 aromatic carbocycles. The number of carbonyl (C=O) groups excluding carboxylic acids is 1. The predicted octanol–water partition coefficient (Wildman–Crippen LogP) is 0.696. The smallest absolute Gasteiger partial charge is 0.325 e. The van der Waals surface area contributed by atoms with Crippen LogP contribution in [0.2, 0.25) is 0 Å². The van der Waals surface area contributed by atoms with Gasteiger partial charge in [-0.1, -0.05) is 0 Å². The van der Waals surface area contributed by atoms with Crippen molar-refractivity contribution in [2.75, 3.05) is 40.3 Å². The number of rotatable bonds is 6. The molecule has 5 heteroatoms. The lowest BCUT2D eigenvalue weighted by molar-refractivity contribution is -0.148. The van der Waals surface area contributed by atoms with Crippen LogP contribution in [0.25, 0.3) is 0 Å². The molecule has 0 spiro atoms. The highest BCUT2D eigenvalue weighted by Gasteiger charge is 2.39. The highest BCUT2D eigenvalue weighted by atomic mass is 16.5. The lowest BCUT2D eigenvalue weighted by Gasteiger charge is -2.39. The summed E-state index contributed by atoms with van der Waals surface area (Å²) < 4.78 is 4.99. The van der Waals surface area contributed by atoms with Crippen molar-refractivity contribution >= 4 is 5.97 Å². The lowest BCUT2D eigenvalue weighted by Crippen LogP contribution is -2.55. The normalized spacial score (nSPS) is 28.1. The fourth-order valence-electron chi connectivity index (χ4n) is 2.85. The van der Waals surface area contributed by atoms with Crippen LogP contribution in [0.4, 0.5) is 0 Å². The third-order valence-electron chi connectivity index (χ3n) is 4.71. The summed E-state index contributed by atoms with van der Waals surface area (Å²) in [6.45, 7) is 8.46. The predicted molar refractivity (Wildman–Crippen MR) is 79.7 cm³/mol. The van der Waals surface area contributed by atoms with Crippen molar-refractivity contribution < 1.29 is 9.53 Å². The zero-order chi connectivity index (χ0) is 14.8. The van der Waals surface area contributed by atoms with E-state index in [1.807, 2.05) is 6.92 Å². The number of hydrogen-bond acceptors (Lipinski definition) is 5. The van der Waals surface area contributed by atoms with E-state index in [9.17, 15) is 4.79 Å². The summed E-state index contributed by atoms with van der Waals surface area (Å²) in [6, 6.07) is 1.09. The standard InChI is InChI=1S/C15H29N3O2/c1-12-11-18(10-9-17(12)3)8-7-15(2,14(19)20-4)16-13-5-6-13/h12-13,16H,5-11H2,1-4H3. The molecule has 2 aliphatic rings. The zero-order valence-electron chi connectivity index (χ0n) is 13.3. The van der Waals surface area contributed by atoms with E-state index in [4.69, 9.17) is 4.74 Å². The molecule has 0 aromatic rings. The second kappa shape index (κ2) is 6.41. The molecule has 0 amide bonds. The average molecular weight is 283 g/mol. The van der Waals surface area contributed by atoms with E-state index in [0.29, 0.717) is 12.1 Å². The Morgan fingerprint density at radius 2 is 2.10 bits per heavy atom.